The highest BCUT2D eigenvalue weighted by Crippen LogP contribution is 2.40. The second-order valence-electron chi connectivity index (χ2n) is 7.47. The fraction of sp³-hybridized carbons (Fsp3) is 0. The van der Waals surface area contributed by atoms with Crippen LogP contribution in [0.2, 0.25) is 0 Å². The van der Waals surface area contributed by atoms with Crippen LogP contribution in [0.1, 0.15) is 0 Å². The molecule has 6 rings (SSSR count). The fourth-order valence-corrected chi connectivity index (χ4v) is 5.50. The zero-order valence-electron chi connectivity index (χ0n) is 17.1. The van der Waals surface area contributed by atoms with Crippen molar-refractivity contribution in [1.82, 2.24) is 9.97 Å². The van der Waals surface area contributed by atoms with Gasteiger partial charge in [-0.25, -0.2) is 9.97 Å². The molecule has 3 aromatic carbocycles. The van der Waals surface area contributed by atoms with Crippen LogP contribution < -0.4 is 0 Å². The van der Waals surface area contributed by atoms with Gasteiger partial charge < -0.3 is 0 Å². The summed E-state index contributed by atoms with van der Waals surface area (Å²) >= 11 is 3.46. The summed E-state index contributed by atoms with van der Waals surface area (Å²) in [6.07, 6.45) is 0. The highest BCUT2D eigenvalue weighted by atomic mass is 32.1. The lowest BCUT2D eigenvalue weighted by molar-refractivity contribution is 1.29. The van der Waals surface area contributed by atoms with E-state index in [2.05, 4.69) is 95.7 Å². The fourth-order valence-electron chi connectivity index (χ4n) is 3.99. The van der Waals surface area contributed by atoms with E-state index < -0.39 is 0 Å². The van der Waals surface area contributed by atoms with Gasteiger partial charge in [-0.15, -0.1) is 22.7 Å². The number of rotatable bonds is 4. The van der Waals surface area contributed by atoms with Gasteiger partial charge in [0, 0.05) is 32.0 Å². The maximum Gasteiger partial charge on any atom is 0.0988 e. The molecule has 152 valence electrons. The number of fused-ring (bicyclic) bond motifs is 1. The minimum Gasteiger partial charge on any atom is -0.243 e. The van der Waals surface area contributed by atoms with E-state index >= 15 is 0 Å². The maximum absolute atomic E-state index is 5.30. The van der Waals surface area contributed by atoms with Crippen molar-refractivity contribution < 1.29 is 0 Å². The summed E-state index contributed by atoms with van der Waals surface area (Å²) in [6, 6.07) is 33.6. The standard InChI is InChI=1S/C28H18N2S2/c1-3-9-19(10-4-1)25-26(20-11-5-2-6-12-20)30-28-22(24-14-8-18-32-24)16-15-21(27(28)29-25)23-13-7-17-31-23/h1-18H. The lowest BCUT2D eigenvalue weighted by atomic mass is 10.0. The van der Waals surface area contributed by atoms with Crippen LogP contribution in [0.5, 0.6) is 0 Å². The Balaban J connectivity index is 1.74. The lowest BCUT2D eigenvalue weighted by Gasteiger charge is -2.14. The number of nitrogens with zero attached hydrogens (tertiary/aromatic N) is 2. The molecular formula is C28H18N2S2. The molecule has 0 aliphatic carbocycles. The first-order valence-corrected chi connectivity index (χ1v) is 12.2. The van der Waals surface area contributed by atoms with Gasteiger partial charge in [0.1, 0.15) is 0 Å². The van der Waals surface area contributed by atoms with Crippen LogP contribution in [-0.4, -0.2) is 9.97 Å². The molecule has 0 amide bonds. The van der Waals surface area contributed by atoms with E-state index in [1.165, 1.54) is 9.75 Å². The van der Waals surface area contributed by atoms with E-state index in [1.807, 2.05) is 12.1 Å². The highest BCUT2D eigenvalue weighted by molar-refractivity contribution is 7.14. The van der Waals surface area contributed by atoms with E-state index in [4.69, 9.17) is 9.97 Å². The van der Waals surface area contributed by atoms with Crippen molar-refractivity contribution in [2.75, 3.05) is 0 Å². The molecule has 0 bridgehead atoms. The van der Waals surface area contributed by atoms with Gasteiger partial charge in [-0.2, -0.15) is 0 Å². The predicted octanol–water partition coefficient (Wildman–Crippen LogP) is 8.42. The third kappa shape index (κ3) is 3.34. The third-order valence-electron chi connectivity index (χ3n) is 5.49. The molecule has 3 heterocycles. The third-order valence-corrected chi connectivity index (χ3v) is 7.30. The van der Waals surface area contributed by atoms with Gasteiger partial charge in [-0.1, -0.05) is 84.9 Å². The Morgan fingerprint density at radius 2 is 0.875 bits per heavy atom. The minimum absolute atomic E-state index is 0.908. The van der Waals surface area contributed by atoms with E-state index in [0.717, 1.165) is 44.7 Å². The molecule has 3 aromatic heterocycles. The maximum atomic E-state index is 5.30. The zero-order chi connectivity index (χ0) is 21.3. The summed E-state index contributed by atoms with van der Waals surface area (Å²) < 4.78 is 0. The molecule has 0 unspecified atom stereocenters. The number of hydrogen-bond donors (Lipinski definition) is 0. The van der Waals surface area contributed by atoms with Crippen molar-refractivity contribution in [2.45, 2.75) is 0 Å². The second-order valence-corrected chi connectivity index (χ2v) is 9.36. The predicted molar refractivity (Wildman–Crippen MR) is 137 cm³/mol. The van der Waals surface area contributed by atoms with Crippen molar-refractivity contribution in [3.8, 4) is 43.4 Å². The average molecular weight is 447 g/mol. The van der Waals surface area contributed by atoms with Crippen molar-refractivity contribution >= 4 is 33.7 Å². The summed E-state index contributed by atoms with van der Waals surface area (Å²) in [7, 11) is 0. The number of aromatic nitrogens is 2. The van der Waals surface area contributed by atoms with Crippen LogP contribution in [0, 0.1) is 0 Å². The van der Waals surface area contributed by atoms with E-state index in [1.54, 1.807) is 22.7 Å². The summed E-state index contributed by atoms with van der Waals surface area (Å²) in [5, 5.41) is 4.22. The smallest absolute Gasteiger partial charge is 0.0988 e. The molecule has 2 nitrogen and oxygen atoms in total. The minimum atomic E-state index is 0.908. The molecule has 6 aromatic rings. The van der Waals surface area contributed by atoms with Crippen LogP contribution >= 0.6 is 22.7 Å². The molecule has 32 heavy (non-hydrogen) atoms. The largest absolute Gasteiger partial charge is 0.243 e. The van der Waals surface area contributed by atoms with Crippen LogP contribution in [-0.2, 0) is 0 Å². The van der Waals surface area contributed by atoms with Crippen molar-refractivity contribution in [2.24, 2.45) is 0 Å². The van der Waals surface area contributed by atoms with Crippen molar-refractivity contribution in [3.05, 3.63) is 108 Å². The van der Waals surface area contributed by atoms with E-state index in [9.17, 15) is 0 Å². The molecule has 0 saturated heterocycles. The summed E-state index contributed by atoms with van der Waals surface area (Å²) in [6.45, 7) is 0. The van der Waals surface area contributed by atoms with Gasteiger partial charge in [0.2, 0.25) is 0 Å². The van der Waals surface area contributed by atoms with Crippen molar-refractivity contribution in [1.29, 1.82) is 0 Å². The molecule has 0 aliphatic rings. The molecular weight excluding hydrogens is 428 g/mol. The Hall–Kier alpha value is -3.60. The summed E-state index contributed by atoms with van der Waals surface area (Å²) in [5.41, 5.74) is 8.09. The number of thiophene rings is 2. The first kappa shape index (κ1) is 19.1. The highest BCUT2D eigenvalue weighted by Gasteiger charge is 2.19. The Morgan fingerprint density at radius 1 is 0.438 bits per heavy atom. The van der Waals surface area contributed by atoms with Crippen LogP contribution in [0.15, 0.2) is 108 Å². The molecule has 4 heteroatoms. The van der Waals surface area contributed by atoms with E-state index in [0.29, 0.717) is 0 Å². The van der Waals surface area contributed by atoms with Crippen LogP contribution in [0.4, 0.5) is 0 Å². The second kappa shape index (κ2) is 8.15. The Kier molecular flexibility index (Phi) is 4.87. The first-order valence-electron chi connectivity index (χ1n) is 10.4. The summed E-state index contributed by atoms with van der Waals surface area (Å²) in [5.74, 6) is 0. The quantitative estimate of drug-likeness (QED) is 0.271. The molecule has 0 aliphatic heterocycles. The van der Waals surface area contributed by atoms with Crippen LogP contribution in [0.25, 0.3) is 54.4 Å². The van der Waals surface area contributed by atoms with Gasteiger partial charge in [0.15, 0.2) is 0 Å². The Morgan fingerprint density at radius 3 is 1.25 bits per heavy atom. The lowest BCUT2D eigenvalue weighted by Crippen LogP contribution is -1.98. The van der Waals surface area contributed by atoms with Gasteiger partial charge in [-0.05, 0) is 22.9 Å². The average Bonchev–Trinajstić information content (AvgIpc) is 3.58. The Bertz CT molecular complexity index is 1370. The Labute approximate surface area is 194 Å². The molecule has 0 N–H and O–H groups in total. The molecule has 0 radical (unpaired) electrons. The monoisotopic (exact) mass is 446 g/mol. The number of hydrogen-bond acceptors (Lipinski definition) is 4. The van der Waals surface area contributed by atoms with Gasteiger partial charge in [0.05, 0.1) is 22.4 Å². The van der Waals surface area contributed by atoms with Gasteiger partial charge in [0.25, 0.3) is 0 Å². The molecule has 0 saturated carbocycles. The van der Waals surface area contributed by atoms with E-state index in [-0.39, 0.29) is 0 Å². The van der Waals surface area contributed by atoms with Gasteiger partial charge >= 0.3 is 0 Å². The topological polar surface area (TPSA) is 25.8 Å². The molecule has 0 fully saturated rings. The van der Waals surface area contributed by atoms with Gasteiger partial charge in [-0.3, -0.25) is 0 Å². The SMILES string of the molecule is c1ccc(-c2nc3c(-c4cccs4)ccc(-c4cccs4)c3nc2-c2ccccc2)cc1. The number of benzene rings is 3. The van der Waals surface area contributed by atoms with Crippen molar-refractivity contribution in [3.63, 3.8) is 0 Å². The van der Waals surface area contributed by atoms with Crippen LogP contribution in [0.3, 0.4) is 0 Å². The molecule has 0 spiro atoms. The summed E-state index contributed by atoms with van der Waals surface area (Å²) in [4.78, 5) is 13.0. The zero-order valence-corrected chi connectivity index (χ0v) is 18.7. The molecule has 0 atom stereocenters. The first-order chi connectivity index (χ1) is 15.9. The normalized spacial score (nSPS) is 11.1.